The van der Waals surface area contributed by atoms with E-state index in [0.717, 1.165) is 5.75 Å². The minimum atomic E-state index is -2.96. The van der Waals surface area contributed by atoms with Crippen molar-refractivity contribution in [2.75, 3.05) is 45.3 Å². The highest BCUT2D eigenvalue weighted by Crippen LogP contribution is 2.07. The van der Waals surface area contributed by atoms with Crippen LogP contribution in [-0.4, -0.2) is 64.6 Å². The fourth-order valence-electron chi connectivity index (χ4n) is 1.77. The van der Waals surface area contributed by atoms with Crippen LogP contribution in [0.25, 0.3) is 0 Å². The Morgan fingerprint density at radius 1 is 1.30 bits per heavy atom. The molecule has 0 aliphatic rings. The van der Waals surface area contributed by atoms with Crippen molar-refractivity contribution in [3.8, 4) is 5.75 Å². The van der Waals surface area contributed by atoms with Crippen LogP contribution in [0, 0.1) is 0 Å². The lowest BCUT2D eigenvalue weighted by molar-refractivity contribution is 0.281. The lowest BCUT2D eigenvalue weighted by Crippen LogP contribution is -2.42. The fourth-order valence-corrected chi connectivity index (χ4v) is 2.47. The van der Waals surface area contributed by atoms with E-state index >= 15 is 0 Å². The number of sulfone groups is 1. The van der Waals surface area contributed by atoms with Crippen LogP contribution in [0.3, 0.4) is 0 Å². The summed E-state index contributed by atoms with van der Waals surface area (Å²) >= 11 is 0. The summed E-state index contributed by atoms with van der Waals surface area (Å²) in [5.41, 5.74) is 0. The molecular weight excluding hydrogens is 429 g/mol. The molecule has 0 aromatic heterocycles. The average Bonchev–Trinajstić information content (AvgIpc) is 2.52. The third-order valence-electron chi connectivity index (χ3n) is 3.15. The zero-order valence-corrected chi connectivity index (χ0v) is 17.0. The standard InChI is InChI=1S/C15H25N3O3S.HI/c1-4-22(19,20)13-10-17-15(16-2)18(3)11-12-21-14-8-6-5-7-9-14;/h5-9H,4,10-13H2,1-3H3,(H,16,17);1H. The molecule has 8 heteroatoms. The highest BCUT2D eigenvalue weighted by Gasteiger charge is 2.09. The number of hydrogen-bond donors (Lipinski definition) is 1. The molecule has 0 spiro atoms. The molecule has 1 rings (SSSR count). The second-order valence-corrected chi connectivity index (χ2v) is 7.27. The van der Waals surface area contributed by atoms with Gasteiger partial charge in [0, 0.05) is 26.4 Å². The van der Waals surface area contributed by atoms with Gasteiger partial charge in [-0.2, -0.15) is 0 Å². The lowest BCUT2D eigenvalue weighted by atomic mass is 10.3. The number of hydrogen-bond acceptors (Lipinski definition) is 4. The van der Waals surface area contributed by atoms with E-state index in [9.17, 15) is 8.42 Å². The zero-order valence-electron chi connectivity index (χ0n) is 13.9. The number of likely N-dealkylation sites (N-methyl/N-ethyl adjacent to an activating group) is 1. The highest BCUT2D eigenvalue weighted by atomic mass is 127. The Morgan fingerprint density at radius 3 is 2.52 bits per heavy atom. The van der Waals surface area contributed by atoms with E-state index in [0.29, 0.717) is 25.7 Å². The first-order chi connectivity index (χ1) is 10.5. The average molecular weight is 455 g/mol. The molecule has 6 nitrogen and oxygen atoms in total. The number of para-hydroxylation sites is 1. The Hall–Kier alpha value is -1.03. The van der Waals surface area contributed by atoms with Crippen molar-refractivity contribution in [2.24, 2.45) is 4.99 Å². The summed E-state index contributed by atoms with van der Waals surface area (Å²) in [6.07, 6.45) is 0. The number of nitrogens with zero attached hydrogens (tertiary/aromatic N) is 2. The maximum atomic E-state index is 11.5. The van der Waals surface area contributed by atoms with Crippen molar-refractivity contribution in [3.05, 3.63) is 30.3 Å². The van der Waals surface area contributed by atoms with Gasteiger partial charge < -0.3 is 15.0 Å². The van der Waals surface area contributed by atoms with Gasteiger partial charge in [0.2, 0.25) is 0 Å². The van der Waals surface area contributed by atoms with Gasteiger partial charge in [0.05, 0.1) is 12.3 Å². The number of nitrogens with one attached hydrogen (secondary N) is 1. The SMILES string of the molecule is CCS(=O)(=O)CCNC(=NC)N(C)CCOc1ccccc1.I. The van der Waals surface area contributed by atoms with Crippen LogP contribution in [0.2, 0.25) is 0 Å². The molecule has 1 aromatic rings. The molecule has 1 N–H and O–H groups in total. The van der Waals surface area contributed by atoms with Gasteiger partial charge in [-0.15, -0.1) is 24.0 Å². The topological polar surface area (TPSA) is 71.0 Å². The van der Waals surface area contributed by atoms with E-state index in [4.69, 9.17) is 4.74 Å². The van der Waals surface area contributed by atoms with Gasteiger partial charge in [0.1, 0.15) is 12.4 Å². The number of halogens is 1. The number of ether oxygens (including phenoxy) is 1. The summed E-state index contributed by atoms with van der Waals surface area (Å²) in [5, 5.41) is 3.05. The molecule has 0 saturated carbocycles. The second-order valence-electron chi connectivity index (χ2n) is 4.79. The Bertz CT molecular complexity index is 565. The predicted octanol–water partition coefficient (Wildman–Crippen LogP) is 1.63. The maximum absolute atomic E-state index is 11.5. The van der Waals surface area contributed by atoms with Crippen LogP contribution in [0.4, 0.5) is 0 Å². The Balaban J connectivity index is 0.00000484. The number of benzene rings is 1. The molecule has 0 radical (unpaired) electrons. The van der Waals surface area contributed by atoms with E-state index < -0.39 is 9.84 Å². The Kier molecular flexibility index (Phi) is 11.0. The van der Waals surface area contributed by atoms with E-state index in [2.05, 4.69) is 10.3 Å². The first-order valence-electron chi connectivity index (χ1n) is 7.28. The molecule has 1 aromatic carbocycles. The Labute approximate surface area is 156 Å². The van der Waals surface area contributed by atoms with Gasteiger partial charge >= 0.3 is 0 Å². The van der Waals surface area contributed by atoms with E-state index in [1.807, 2.05) is 42.3 Å². The van der Waals surface area contributed by atoms with Gasteiger partial charge in [-0.1, -0.05) is 25.1 Å². The molecule has 0 heterocycles. The van der Waals surface area contributed by atoms with Crippen LogP contribution in [0.1, 0.15) is 6.92 Å². The van der Waals surface area contributed by atoms with Crippen LogP contribution >= 0.6 is 24.0 Å². The highest BCUT2D eigenvalue weighted by molar-refractivity contribution is 14.0. The third-order valence-corrected chi connectivity index (χ3v) is 4.85. The summed E-state index contributed by atoms with van der Waals surface area (Å²) in [7, 11) is 0.596. The molecule has 0 amide bonds. The van der Waals surface area contributed by atoms with Crippen LogP contribution in [0.5, 0.6) is 5.75 Å². The van der Waals surface area contributed by atoms with Gasteiger partial charge in [0.15, 0.2) is 15.8 Å². The zero-order chi connectivity index (χ0) is 16.4. The molecule has 0 fully saturated rings. The van der Waals surface area contributed by atoms with Crippen LogP contribution in [-0.2, 0) is 9.84 Å². The monoisotopic (exact) mass is 455 g/mol. The molecule has 0 atom stereocenters. The fraction of sp³-hybridized carbons (Fsp3) is 0.533. The maximum Gasteiger partial charge on any atom is 0.193 e. The molecule has 23 heavy (non-hydrogen) atoms. The predicted molar refractivity (Wildman–Crippen MR) is 106 cm³/mol. The second kappa shape index (κ2) is 11.5. The number of aliphatic imine (C=N–C) groups is 1. The number of guanidine groups is 1. The largest absolute Gasteiger partial charge is 0.492 e. The summed E-state index contributed by atoms with van der Waals surface area (Å²) in [6, 6.07) is 9.60. The van der Waals surface area contributed by atoms with Crippen molar-refractivity contribution >= 4 is 39.8 Å². The van der Waals surface area contributed by atoms with E-state index in [1.165, 1.54) is 0 Å². The first-order valence-corrected chi connectivity index (χ1v) is 9.10. The van der Waals surface area contributed by atoms with Crippen LogP contribution < -0.4 is 10.1 Å². The smallest absolute Gasteiger partial charge is 0.193 e. The normalized spacial score (nSPS) is 11.5. The van der Waals surface area contributed by atoms with E-state index in [-0.39, 0.29) is 35.5 Å². The number of rotatable bonds is 8. The molecule has 0 saturated heterocycles. The first kappa shape index (κ1) is 22.0. The summed E-state index contributed by atoms with van der Waals surface area (Å²) in [4.78, 5) is 6.04. The van der Waals surface area contributed by atoms with Crippen molar-refractivity contribution in [1.82, 2.24) is 10.2 Å². The van der Waals surface area contributed by atoms with Gasteiger partial charge in [-0.05, 0) is 12.1 Å². The van der Waals surface area contributed by atoms with Crippen molar-refractivity contribution in [3.63, 3.8) is 0 Å². The molecule has 0 aliphatic heterocycles. The van der Waals surface area contributed by atoms with Gasteiger partial charge in [0.25, 0.3) is 0 Å². The quantitative estimate of drug-likeness (QED) is 0.367. The summed E-state index contributed by atoms with van der Waals surface area (Å²) in [6.45, 7) is 3.17. The van der Waals surface area contributed by atoms with Crippen molar-refractivity contribution < 1.29 is 13.2 Å². The minimum absolute atomic E-state index is 0. The molecule has 132 valence electrons. The third kappa shape index (κ3) is 8.99. The lowest BCUT2D eigenvalue weighted by Gasteiger charge is -2.22. The van der Waals surface area contributed by atoms with Crippen molar-refractivity contribution in [2.45, 2.75) is 6.92 Å². The van der Waals surface area contributed by atoms with Crippen molar-refractivity contribution in [1.29, 1.82) is 0 Å². The molecule has 0 unspecified atom stereocenters. The Morgan fingerprint density at radius 2 is 1.96 bits per heavy atom. The molecular formula is C15H26IN3O3S. The summed E-state index contributed by atoms with van der Waals surface area (Å²) < 4.78 is 28.5. The van der Waals surface area contributed by atoms with E-state index in [1.54, 1.807) is 14.0 Å². The van der Waals surface area contributed by atoms with Crippen LogP contribution in [0.15, 0.2) is 35.3 Å². The minimum Gasteiger partial charge on any atom is -0.492 e. The van der Waals surface area contributed by atoms with Gasteiger partial charge in [-0.25, -0.2) is 8.42 Å². The summed E-state index contributed by atoms with van der Waals surface area (Å²) in [5.74, 6) is 1.75. The van der Waals surface area contributed by atoms with Gasteiger partial charge in [-0.3, -0.25) is 4.99 Å². The molecule has 0 aliphatic carbocycles. The molecule has 0 bridgehead atoms.